The van der Waals surface area contributed by atoms with E-state index in [1.807, 2.05) is 24.0 Å². The molecule has 2 aliphatic heterocycles. The van der Waals surface area contributed by atoms with Crippen LogP contribution in [0.4, 0.5) is 0 Å². The molecule has 0 spiro atoms. The van der Waals surface area contributed by atoms with Gasteiger partial charge in [-0.2, -0.15) is 0 Å². The number of aromatic nitrogens is 1. The number of rotatable bonds is 4. The number of carbonyl (C=O) groups is 1. The lowest BCUT2D eigenvalue weighted by Crippen LogP contribution is -2.50. The molecule has 2 saturated heterocycles. The quantitative estimate of drug-likeness (QED) is 0.855. The Hall–Kier alpha value is -1.62. The van der Waals surface area contributed by atoms with Crippen LogP contribution < -0.4 is 4.74 Å². The molecule has 3 heterocycles. The summed E-state index contributed by atoms with van der Waals surface area (Å²) >= 11 is 0. The predicted molar refractivity (Wildman–Crippen MR) is 89.4 cm³/mol. The van der Waals surface area contributed by atoms with Crippen LogP contribution in [-0.4, -0.2) is 59.0 Å². The molecule has 1 aromatic rings. The summed E-state index contributed by atoms with van der Waals surface area (Å²) in [4.78, 5) is 20.4. The lowest BCUT2D eigenvalue weighted by Gasteiger charge is -2.41. The van der Waals surface area contributed by atoms with Crippen molar-refractivity contribution in [3.8, 4) is 5.75 Å². The molecule has 2 fully saturated rings. The SMILES string of the molecule is CCC(=O)N1CCC(N2CCC(Oc3ccncc3)CC2)CC1. The third-order valence-electron chi connectivity index (χ3n) is 5.07. The summed E-state index contributed by atoms with van der Waals surface area (Å²) in [6, 6.07) is 4.48. The summed E-state index contributed by atoms with van der Waals surface area (Å²) in [5, 5.41) is 0. The number of piperidine rings is 2. The Balaban J connectivity index is 1.42. The molecule has 3 rings (SSSR count). The summed E-state index contributed by atoms with van der Waals surface area (Å²) in [7, 11) is 0. The summed E-state index contributed by atoms with van der Waals surface area (Å²) in [5.74, 6) is 1.22. The van der Waals surface area contributed by atoms with Crippen LogP contribution in [0.2, 0.25) is 0 Å². The largest absolute Gasteiger partial charge is 0.490 e. The molecule has 1 aromatic heterocycles. The van der Waals surface area contributed by atoms with Crippen LogP contribution in [0.3, 0.4) is 0 Å². The lowest BCUT2D eigenvalue weighted by molar-refractivity contribution is -0.132. The van der Waals surface area contributed by atoms with Crippen LogP contribution in [0.5, 0.6) is 5.75 Å². The average molecular weight is 317 g/mol. The van der Waals surface area contributed by atoms with E-state index in [1.165, 1.54) is 0 Å². The molecular weight excluding hydrogens is 290 g/mol. The molecule has 0 saturated carbocycles. The van der Waals surface area contributed by atoms with Crippen molar-refractivity contribution in [2.45, 2.75) is 51.2 Å². The third kappa shape index (κ3) is 4.22. The smallest absolute Gasteiger partial charge is 0.222 e. The van der Waals surface area contributed by atoms with E-state index in [0.29, 0.717) is 24.5 Å². The fraction of sp³-hybridized carbons (Fsp3) is 0.667. The highest BCUT2D eigenvalue weighted by Gasteiger charge is 2.29. The second-order valence-electron chi connectivity index (χ2n) is 6.50. The average Bonchev–Trinajstić information content (AvgIpc) is 2.63. The highest BCUT2D eigenvalue weighted by molar-refractivity contribution is 5.75. The Morgan fingerprint density at radius 1 is 1.13 bits per heavy atom. The Labute approximate surface area is 138 Å². The van der Waals surface area contributed by atoms with E-state index in [0.717, 1.165) is 57.6 Å². The van der Waals surface area contributed by atoms with Crippen LogP contribution >= 0.6 is 0 Å². The van der Waals surface area contributed by atoms with Crippen molar-refractivity contribution in [1.29, 1.82) is 0 Å². The molecule has 126 valence electrons. The predicted octanol–water partition coefficient (Wildman–Crippen LogP) is 2.33. The standard InChI is InChI=1S/C18H27N3O2/c1-2-18(22)21-11-5-15(6-12-21)20-13-7-17(8-14-20)23-16-3-9-19-10-4-16/h3-4,9-10,15,17H,2,5-8,11-14H2,1H3. The van der Waals surface area contributed by atoms with Gasteiger partial charge in [0.05, 0.1) is 0 Å². The normalized spacial score (nSPS) is 21.3. The van der Waals surface area contributed by atoms with E-state index in [2.05, 4.69) is 9.88 Å². The molecule has 2 aliphatic rings. The van der Waals surface area contributed by atoms with Gasteiger partial charge < -0.3 is 9.64 Å². The number of ether oxygens (including phenoxy) is 1. The molecular formula is C18H27N3O2. The van der Waals surface area contributed by atoms with Crippen LogP contribution in [0.1, 0.15) is 39.0 Å². The summed E-state index contributed by atoms with van der Waals surface area (Å²) in [5.41, 5.74) is 0. The molecule has 1 amide bonds. The van der Waals surface area contributed by atoms with Crippen molar-refractivity contribution in [2.75, 3.05) is 26.2 Å². The van der Waals surface area contributed by atoms with Crippen molar-refractivity contribution < 1.29 is 9.53 Å². The van der Waals surface area contributed by atoms with Gasteiger partial charge in [-0.25, -0.2) is 0 Å². The molecule has 5 heteroatoms. The Bertz CT molecular complexity index is 492. The Morgan fingerprint density at radius 3 is 2.39 bits per heavy atom. The van der Waals surface area contributed by atoms with E-state index in [1.54, 1.807) is 12.4 Å². The first-order valence-electron chi connectivity index (χ1n) is 8.84. The van der Waals surface area contributed by atoms with Gasteiger partial charge in [-0.1, -0.05) is 6.92 Å². The maximum atomic E-state index is 11.8. The minimum Gasteiger partial charge on any atom is -0.490 e. The fourth-order valence-corrected chi connectivity index (χ4v) is 3.67. The number of hydrogen-bond donors (Lipinski definition) is 0. The zero-order valence-corrected chi connectivity index (χ0v) is 14.0. The van der Waals surface area contributed by atoms with Gasteiger partial charge in [0.2, 0.25) is 5.91 Å². The van der Waals surface area contributed by atoms with Crippen LogP contribution in [0.15, 0.2) is 24.5 Å². The van der Waals surface area contributed by atoms with E-state index in [4.69, 9.17) is 4.74 Å². The summed E-state index contributed by atoms with van der Waals surface area (Å²) < 4.78 is 6.03. The second-order valence-corrected chi connectivity index (χ2v) is 6.50. The minimum atomic E-state index is 0.299. The molecule has 5 nitrogen and oxygen atoms in total. The van der Waals surface area contributed by atoms with Gasteiger partial charge in [-0.15, -0.1) is 0 Å². The second kappa shape index (κ2) is 7.77. The van der Waals surface area contributed by atoms with E-state index in [-0.39, 0.29) is 0 Å². The molecule has 0 bridgehead atoms. The van der Waals surface area contributed by atoms with Crippen LogP contribution in [-0.2, 0) is 4.79 Å². The zero-order valence-electron chi connectivity index (χ0n) is 14.0. The minimum absolute atomic E-state index is 0.299. The maximum Gasteiger partial charge on any atom is 0.222 e. The number of likely N-dealkylation sites (tertiary alicyclic amines) is 2. The number of hydrogen-bond acceptors (Lipinski definition) is 4. The van der Waals surface area contributed by atoms with Crippen molar-refractivity contribution >= 4 is 5.91 Å². The molecule has 0 N–H and O–H groups in total. The van der Waals surface area contributed by atoms with Gasteiger partial charge in [0.15, 0.2) is 0 Å². The first-order valence-corrected chi connectivity index (χ1v) is 8.84. The monoisotopic (exact) mass is 317 g/mol. The molecule has 0 aliphatic carbocycles. The van der Waals surface area contributed by atoms with Crippen molar-refractivity contribution in [3.05, 3.63) is 24.5 Å². The summed E-state index contributed by atoms with van der Waals surface area (Å²) in [6.45, 7) is 5.99. The van der Waals surface area contributed by atoms with Gasteiger partial charge in [0.1, 0.15) is 11.9 Å². The third-order valence-corrected chi connectivity index (χ3v) is 5.07. The van der Waals surface area contributed by atoms with Gasteiger partial charge in [0, 0.05) is 51.0 Å². The van der Waals surface area contributed by atoms with Crippen LogP contribution in [0, 0.1) is 0 Å². The molecule has 0 unspecified atom stereocenters. The van der Waals surface area contributed by atoms with Gasteiger partial charge in [-0.05, 0) is 37.8 Å². The molecule has 0 radical (unpaired) electrons. The fourth-order valence-electron chi connectivity index (χ4n) is 3.67. The lowest BCUT2D eigenvalue weighted by atomic mass is 9.98. The van der Waals surface area contributed by atoms with E-state index in [9.17, 15) is 4.79 Å². The van der Waals surface area contributed by atoms with Crippen molar-refractivity contribution in [3.63, 3.8) is 0 Å². The number of pyridine rings is 1. The molecule has 23 heavy (non-hydrogen) atoms. The van der Waals surface area contributed by atoms with Gasteiger partial charge in [-0.3, -0.25) is 14.7 Å². The van der Waals surface area contributed by atoms with Crippen molar-refractivity contribution in [1.82, 2.24) is 14.8 Å². The first-order chi connectivity index (χ1) is 11.3. The number of carbonyl (C=O) groups excluding carboxylic acids is 1. The maximum absolute atomic E-state index is 11.8. The summed E-state index contributed by atoms with van der Waals surface area (Å²) in [6.07, 6.45) is 8.87. The molecule has 0 atom stereocenters. The van der Waals surface area contributed by atoms with Crippen molar-refractivity contribution in [2.24, 2.45) is 0 Å². The van der Waals surface area contributed by atoms with Gasteiger partial charge in [0.25, 0.3) is 0 Å². The number of nitrogens with zero attached hydrogens (tertiary/aromatic N) is 3. The van der Waals surface area contributed by atoms with E-state index < -0.39 is 0 Å². The Kier molecular flexibility index (Phi) is 5.49. The zero-order chi connectivity index (χ0) is 16.1. The topological polar surface area (TPSA) is 45.7 Å². The molecule has 0 aromatic carbocycles. The number of amides is 1. The Morgan fingerprint density at radius 2 is 1.78 bits per heavy atom. The highest BCUT2D eigenvalue weighted by atomic mass is 16.5. The van der Waals surface area contributed by atoms with Gasteiger partial charge >= 0.3 is 0 Å². The van der Waals surface area contributed by atoms with Crippen LogP contribution in [0.25, 0.3) is 0 Å². The first kappa shape index (κ1) is 16.2. The van der Waals surface area contributed by atoms with E-state index >= 15 is 0 Å². The highest BCUT2D eigenvalue weighted by Crippen LogP contribution is 2.23.